The van der Waals surface area contributed by atoms with Gasteiger partial charge in [-0.3, -0.25) is 0 Å². The van der Waals surface area contributed by atoms with Crippen LogP contribution >= 0.6 is 22.7 Å². The van der Waals surface area contributed by atoms with Gasteiger partial charge in [0.05, 0.1) is 6.10 Å². The Morgan fingerprint density at radius 2 is 1.79 bits per heavy atom. The topological polar surface area (TPSA) is 32.3 Å². The molecule has 2 aromatic rings. The Hall–Kier alpha value is -0.940. The van der Waals surface area contributed by atoms with Gasteiger partial charge in [0, 0.05) is 12.6 Å². The van der Waals surface area contributed by atoms with Crippen LogP contribution in [0.25, 0.3) is 5.57 Å². The molecule has 1 fully saturated rings. The minimum atomic E-state index is -0.232. The predicted octanol–water partition coefficient (Wildman–Crippen LogP) is 5.16. The molecule has 2 aromatic heterocycles. The van der Waals surface area contributed by atoms with E-state index in [0.29, 0.717) is 5.92 Å². The van der Waals surface area contributed by atoms with E-state index in [0.717, 1.165) is 6.54 Å². The zero-order chi connectivity index (χ0) is 16.8. The summed E-state index contributed by atoms with van der Waals surface area (Å²) >= 11 is 3.46. The first-order valence-corrected chi connectivity index (χ1v) is 10.8. The zero-order valence-corrected chi connectivity index (χ0v) is 15.9. The van der Waals surface area contributed by atoms with Crippen molar-refractivity contribution < 1.29 is 5.11 Å². The van der Waals surface area contributed by atoms with E-state index in [2.05, 4.69) is 52.0 Å². The van der Waals surface area contributed by atoms with Crippen LogP contribution in [0.5, 0.6) is 0 Å². The van der Waals surface area contributed by atoms with Crippen molar-refractivity contribution in [3.8, 4) is 0 Å². The van der Waals surface area contributed by atoms with Crippen molar-refractivity contribution in [2.45, 2.75) is 51.2 Å². The molecule has 3 rings (SSSR count). The summed E-state index contributed by atoms with van der Waals surface area (Å²) in [5, 5.41) is 22.8. The molecular formula is C20H27NOS2. The molecule has 0 saturated heterocycles. The summed E-state index contributed by atoms with van der Waals surface area (Å²) in [6.45, 7) is 2.90. The Labute approximate surface area is 153 Å². The lowest BCUT2D eigenvalue weighted by atomic mass is 9.83. The molecule has 24 heavy (non-hydrogen) atoms. The first-order valence-electron chi connectivity index (χ1n) is 8.92. The molecule has 1 saturated carbocycles. The summed E-state index contributed by atoms with van der Waals surface area (Å²) in [7, 11) is 0. The molecule has 2 atom stereocenters. The molecule has 2 unspecified atom stereocenters. The van der Waals surface area contributed by atoms with E-state index < -0.39 is 0 Å². The molecule has 0 radical (unpaired) electrons. The lowest BCUT2D eigenvalue weighted by Gasteiger charge is -2.30. The number of hydrogen-bond donors (Lipinski definition) is 2. The standard InChI is InChI=1S/C20H27NOS2/c1-15(20(22)16-5-3-2-4-6-16)21-10-7-19(17-8-11-23-13-17)18-9-12-24-14-18/h7-9,11-16,20-22H,2-6,10H2,1H3. The molecule has 4 heteroatoms. The summed E-state index contributed by atoms with van der Waals surface area (Å²) < 4.78 is 0. The van der Waals surface area contributed by atoms with Crippen molar-refractivity contribution in [3.63, 3.8) is 0 Å². The molecule has 1 aliphatic carbocycles. The van der Waals surface area contributed by atoms with E-state index in [1.165, 1.54) is 48.8 Å². The van der Waals surface area contributed by atoms with Crippen molar-refractivity contribution in [2.75, 3.05) is 6.54 Å². The molecule has 0 bridgehead atoms. The van der Waals surface area contributed by atoms with Gasteiger partial charge < -0.3 is 10.4 Å². The maximum Gasteiger partial charge on any atom is 0.0718 e. The molecule has 0 amide bonds. The van der Waals surface area contributed by atoms with Crippen molar-refractivity contribution in [3.05, 3.63) is 50.9 Å². The largest absolute Gasteiger partial charge is 0.391 e. The fourth-order valence-corrected chi connectivity index (χ4v) is 4.90. The van der Waals surface area contributed by atoms with E-state index in [9.17, 15) is 5.11 Å². The maximum absolute atomic E-state index is 10.6. The van der Waals surface area contributed by atoms with Crippen LogP contribution in [0.1, 0.15) is 50.2 Å². The zero-order valence-electron chi connectivity index (χ0n) is 14.3. The van der Waals surface area contributed by atoms with E-state index in [1.54, 1.807) is 22.7 Å². The van der Waals surface area contributed by atoms with E-state index in [1.807, 2.05) is 0 Å². The fraction of sp³-hybridized carbons (Fsp3) is 0.500. The van der Waals surface area contributed by atoms with Crippen LogP contribution in [0, 0.1) is 5.92 Å². The molecule has 130 valence electrons. The van der Waals surface area contributed by atoms with Crippen molar-refractivity contribution in [1.82, 2.24) is 5.32 Å². The second-order valence-corrected chi connectivity index (χ2v) is 8.29. The number of hydrogen-bond acceptors (Lipinski definition) is 4. The number of aliphatic hydroxyl groups is 1. The first-order chi connectivity index (χ1) is 11.8. The van der Waals surface area contributed by atoms with Crippen LogP contribution in [0.4, 0.5) is 0 Å². The summed E-state index contributed by atoms with van der Waals surface area (Å²) in [6, 6.07) is 4.48. The highest BCUT2D eigenvalue weighted by Gasteiger charge is 2.25. The van der Waals surface area contributed by atoms with Crippen LogP contribution in [-0.2, 0) is 0 Å². The van der Waals surface area contributed by atoms with E-state index in [4.69, 9.17) is 0 Å². The van der Waals surface area contributed by atoms with Crippen LogP contribution in [-0.4, -0.2) is 23.8 Å². The highest BCUT2D eigenvalue weighted by Crippen LogP contribution is 2.28. The fourth-order valence-electron chi connectivity index (χ4n) is 3.59. The van der Waals surface area contributed by atoms with Gasteiger partial charge in [0.2, 0.25) is 0 Å². The average molecular weight is 362 g/mol. The van der Waals surface area contributed by atoms with Crippen molar-refractivity contribution in [2.24, 2.45) is 5.92 Å². The number of thiophene rings is 2. The van der Waals surface area contributed by atoms with E-state index in [-0.39, 0.29) is 12.1 Å². The quantitative estimate of drug-likeness (QED) is 0.714. The highest BCUT2D eigenvalue weighted by atomic mass is 32.1. The molecule has 0 spiro atoms. The molecule has 0 aliphatic heterocycles. The van der Waals surface area contributed by atoms with Crippen molar-refractivity contribution in [1.29, 1.82) is 0 Å². The Balaban J connectivity index is 1.60. The molecule has 2 heterocycles. The second kappa shape index (κ2) is 8.95. The minimum Gasteiger partial charge on any atom is -0.391 e. The molecular weight excluding hydrogens is 334 g/mol. The van der Waals surface area contributed by atoms with Crippen LogP contribution in [0.2, 0.25) is 0 Å². The second-order valence-electron chi connectivity index (χ2n) is 6.73. The van der Waals surface area contributed by atoms with Gasteiger partial charge in [-0.25, -0.2) is 0 Å². The monoisotopic (exact) mass is 361 g/mol. The maximum atomic E-state index is 10.6. The molecule has 1 aliphatic rings. The third-order valence-electron chi connectivity index (χ3n) is 5.06. The minimum absolute atomic E-state index is 0.135. The SMILES string of the molecule is CC(NCC=C(c1ccsc1)c1ccsc1)C(O)C1CCCCC1. The summed E-state index contributed by atoms with van der Waals surface area (Å²) in [6.07, 6.45) is 8.26. The van der Waals surface area contributed by atoms with E-state index >= 15 is 0 Å². The molecule has 0 aromatic carbocycles. The lowest BCUT2D eigenvalue weighted by Crippen LogP contribution is -2.42. The highest BCUT2D eigenvalue weighted by molar-refractivity contribution is 7.08. The third-order valence-corrected chi connectivity index (χ3v) is 6.42. The molecule has 2 N–H and O–H groups in total. The van der Waals surface area contributed by atoms with Gasteiger partial charge in [-0.2, -0.15) is 22.7 Å². The third kappa shape index (κ3) is 4.57. The predicted molar refractivity (Wildman–Crippen MR) is 106 cm³/mol. The summed E-state index contributed by atoms with van der Waals surface area (Å²) in [4.78, 5) is 0. The van der Waals surface area contributed by atoms with Crippen LogP contribution in [0.15, 0.2) is 39.7 Å². The van der Waals surface area contributed by atoms with Crippen LogP contribution in [0.3, 0.4) is 0 Å². The van der Waals surface area contributed by atoms with Gasteiger partial charge in [0.1, 0.15) is 0 Å². The summed E-state index contributed by atoms with van der Waals surface area (Å²) in [5.41, 5.74) is 3.84. The van der Waals surface area contributed by atoms with Gasteiger partial charge in [0.15, 0.2) is 0 Å². The Morgan fingerprint density at radius 1 is 1.17 bits per heavy atom. The van der Waals surface area contributed by atoms with Gasteiger partial charge in [-0.05, 0) is 76.0 Å². The van der Waals surface area contributed by atoms with Gasteiger partial charge >= 0.3 is 0 Å². The number of nitrogens with one attached hydrogen (secondary N) is 1. The van der Waals surface area contributed by atoms with Gasteiger partial charge in [-0.1, -0.05) is 25.3 Å². The van der Waals surface area contributed by atoms with Gasteiger partial charge in [-0.15, -0.1) is 0 Å². The van der Waals surface area contributed by atoms with Gasteiger partial charge in [0.25, 0.3) is 0 Å². The Kier molecular flexibility index (Phi) is 6.67. The molecule has 2 nitrogen and oxygen atoms in total. The van der Waals surface area contributed by atoms with Crippen LogP contribution < -0.4 is 5.32 Å². The normalized spacial score (nSPS) is 18.2. The smallest absolute Gasteiger partial charge is 0.0718 e. The number of aliphatic hydroxyl groups excluding tert-OH is 1. The van der Waals surface area contributed by atoms with Crippen molar-refractivity contribution >= 4 is 28.2 Å². The average Bonchev–Trinajstić information content (AvgIpc) is 3.32. The first kappa shape index (κ1) is 17.9. The Morgan fingerprint density at radius 3 is 2.33 bits per heavy atom. The lowest BCUT2D eigenvalue weighted by molar-refractivity contribution is 0.0567. The Bertz CT molecular complexity index is 576. The summed E-state index contributed by atoms with van der Waals surface area (Å²) in [5.74, 6) is 0.471. The number of rotatable bonds is 7.